The van der Waals surface area contributed by atoms with Crippen molar-refractivity contribution >= 4 is 0 Å². The molecule has 22 heavy (non-hydrogen) atoms. The van der Waals surface area contributed by atoms with Gasteiger partial charge < -0.3 is 4.74 Å². The van der Waals surface area contributed by atoms with Crippen LogP contribution in [0, 0.1) is 0 Å². The summed E-state index contributed by atoms with van der Waals surface area (Å²) >= 11 is 0. The molecular weight excluding hydrogens is 274 g/mol. The molecule has 0 amide bonds. The highest BCUT2D eigenvalue weighted by Gasteiger charge is 2.18. The largest absolute Gasteiger partial charge is 0.369 e. The van der Waals surface area contributed by atoms with Gasteiger partial charge in [0.1, 0.15) is 0 Å². The standard InChI is InChI=1S/C18H19N3O/c1-2-18(22-14-16-11-7-4-8-12-16)17(20-21-19)13-15-9-5-3-6-10-15/h2-12,17-18H,1,13-14H2/t17-,18-/m0/s1. The van der Waals surface area contributed by atoms with Gasteiger partial charge in [0.25, 0.3) is 0 Å². The lowest BCUT2D eigenvalue weighted by atomic mass is 10.0. The van der Waals surface area contributed by atoms with Gasteiger partial charge in [0.05, 0.1) is 18.8 Å². The van der Waals surface area contributed by atoms with Gasteiger partial charge in [0, 0.05) is 4.91 Å². The van der Waals surface area contributed by atoms with Crippen molar-refractivity contribution in [3.05, 3.63) is 94.9 Å². The number of azide groups is 1. The summed E-state index contributed by atoms with van der Waals surface area (Å²) in [5.74, 6) is 0. The van der Waals surface area contributed by atoms with E-state index < -0.39 is 0 Å². The number of benzene rings is 2. The third-order valence-corrected chi connectivity index (χ3v) is 3.38. The molecule has 0 unspecified atom stereocenters. The molecule has 112 valence electrons. The molecule has 2 aromatic carbocycles. The fourth-order valence-corrected chi connectivity index (χ4v) is 2.25. The van der Waals surface area contributed by atoms with Gasteiger partial charge >= 0.3 is 0 Å². The molecule has 0 aliphatic rings. The van der Waals surface area contributed by atoms with Crippen molar-refractivity contribution in [2.45, 2.75) is 25.2 Å². The van der Waals surface area contributed by atoms with E-state index >= 15 is 0 Å². The molecule has 0 aliphatic heterocycles. The monoisotopic (exact) mass is 293 g/mol. The van der Waals surface area contributed by atoms with Crippen LogP contribution in [0.5, 0.6) is 0 Å². The fourth-order valence-electron chi connectivity index (χ4n) is 2.25. The van der Waals surface area contributed by atoms with E-state index in [1.54, 1.807) is 6.08 Å². The minimum atomic E-state index is -0.323. The van der Waals surface area contributed by atoms with E-state index in [1.165, 1.54) is 0 Å². The van der Waals surface area contributed by atoms with Gasteiger partial charge in [-0.2, -0.15) is 0 Å². The highest BCUT2D eigenvalue weighted by molar-refractivity contribution is 5.17. The minimum Gasteiger partial charge on any atom is -0.369 e. The molecule has 0 bridgehead atoms. The van der Waals surface area contributed by atoms with E-state index in [-0.39, 0.29) is 12.1 Å². The Hall–Kier alpha value is -2.55. The third kappa shape index (κ3) is 4.77. The maximum Gasteiger partial charge on any atom is 0.0845 e. The summed E-state index contributed by atoms with van der Waals surface area (Å²) in [5, 5.41) is 3.89. The van der Waals surface area contributed by atoms with Crippen molar-refractivity contribution in [1.29, 1.82) is 0 Å². The number of rotatable bonds is 8. The molecule has 0 radical (unpaired) electrons. The SMILES string of the molecule is C=C[C@H](OCc1ccccc1)[C@H](Cc1ccccc1)N=[N+]=[N-]. The minimum absolute atomic E-state index is 0.311. The summed E-state index contributed by atoms with van der Waals surface area (Å²) in [7, 11) is 0. The van der Waals surface area contributed by atoms with Crippen LogP contribution in [0.2, 0.25) is 0 Å². The van der Waals surface area contributed by atoms with Crippen molar-refractivity contribution in [2.75, 3.05) is 0 Å². The number of hydrogen-bond donors (Lipinski definition) is 0. The van der Waals surface area contributed by atoms with E-state index in [2.05, 4.69) is 16.6 Å². The predicted octanol–water partition coefficient (Wildman–Crippen LogP) is 4.68. The van der Waals surface area contributed by atoms with Crippen LogP contribution in [0.4, 0.5) is 0 Å². The third-order valence-electron chi connectivity index (χ3n) is 3.38. The molecular formula is C18H19N3O. The van der Waals surface area contributed by atoms with Gasteiger partial charge in [0.15, 0.2) is 0 Å². The average molecular weight is 293 g/mol. The molecule has 0 fully saturated rings. The molecule has 0 N–H and O–H groups in total. The predicted molar refractivity (Wildman–Crippen MR) is 88.3 cm³/mol. The van der Waals surface area contributed by atoms with Gasteiger partial charge in [-0.05, 0) is 23.1 Å². The normalized spacial score (nSPS) is 12.9. The van der Waals surface area contributed by atoms with Gasteiger partial charge in [0.2, 0.25) is 0 Å². The Morgan fingerprint density at radius 3 is 2.18 bits per heavy atom. The first-order chi connectivity index (χ1) is 10.8. The van der Waals surface area contributed by atoms with Crippen molar-refractivity contribution in [3.63, 3.8) is 0 Å². The Kier molecular flexibility index (Phi) is 6.24. The Morgan fingerprint density at radius 2 is 1.64 bits per heavy atom. The zero-order valence-electron chi connectivity index (χ0n) is 12.4. The lowest BCUT2D eigenvalue weighted by molar-refractivity contribution is 0.0554. The maximum atomic E-state index is 8.81. The first-order valence-electron chi connectivity index (χ1n) is 7.19. The number of hydrogen-bond acceptors (Lipinski definition) is 2. The van der Waals surface area contributed by atoms with Gasteiger partial charge in [-0.3, -0.25) is 0 Å². The Bertz CT molecular complexity index is 621. The van der Waals surface area contributed by atoms with E-state index in [0.717, 1.165) is 11.1 Å². The first-order valence-corrected chi connectivity index (χ1v) is 7.19. The summed E-state index contributed by atoms with van der Waals surface area (Å²) < 4.78 is 5.88. The summed E-state index contributed by atoms with van der Waals surface area (Å²) in [6, 6.07) is 19.5. The van der Waals surface area contributed by atoms with Crippen LogP contribution in [0.15, 0.2) is 78.4 Å². The highest BCUT2D eigenvalue weighted by atomic mass is 16.5. The van der Waals surface area contributed by atoms with Crippen molar-refractivity contribution < 1.29 is 4.74 Å². The van der Waals surface area contributed by atoms with Crippen molar-refractivity contribution in [3.8, 4) is 0 Å². The van der Waals surface area contributed by atoms with Crippen LogP contribution in [0.25, 0.3) is 10.4 Å². The molecule has 0 aliphatic carbocycles. The van der Waals surface area contributed by atoms with Crippen LogP contribution in [-0.2, 0) is 17.8 Å². The smallest absolute Gasteiger partial charge is 0.0845 e. The van der Waals surface area contributed by atoms with Crippen LogP contribution < -0.4 is 0 Å². The van der Waals surface area contributed by atoms with Crippen LogP contribution in [-0.4, -0.2) is 12.1 Å². The molecule has 4 nitrogen and oxygen atoms in total. The maximum absolute atomic E-state index is 8.81. The van der Waals surface area contributed by atoms with Crippen LogP contribution >= 0.6 is 0 Å². The summed E-state index contributed by atoms with van der Waals surface area (Å²) in [5.41, 5.74) is 11.0. The van der Waals surface area contributed by atoms with Crippen molar-refractivity contribution in [1.82, 2.24) is 0 Å². The molecule has 2 aromatic rings. The van der Waals surface area contributed by atoms with Gasteiger partial charge in [-0.15, -0.1) is 6.58 Å². The van der Waals surface area contributed by atoms with Gasteiger partial charge in [-0.1, -0.05) is 71.9 Å². The number of nitrogens with zero attached hydrogens (tertiary/aromatic N) is 3. The van der Waals surface area contributed by atoms with E-state index in [9.17, 15) is 0 Å². The molecule has 0 aromatic heterocycles. The molecule has 4 heteroatoms. The highest BCUT2D eigenvalue weighted by Crippen LogP contribution is 2.15. The Balaban J connectivity index is 2.04. The van der Waals surface area contributed by atoms with Crippen LogP contribution in [0.3, 0.4) is 0 Å². The second-order valence-corrected chi connectivity index (χ2v) is 4.96. The van der Waals surface area contributed by atoms with Crippen molar-refractivity contribution in [2.24, 2.45) is 5.11 Å². The molecule has 2 atom stereocenters. The summed E-state index contributed by atoms with van der Waals surface area (Å²) in [4.78, 5) is 2.95. The Labute approximate surface area is 130 Å². The van der Waals surface area contributed by atoms with Crippen LogP contribution in [0.1, 0.15) is 11.1 Å². The second kappa shape index (κ2) is 8.67. The molecule has 0 heterocycles. The fraction of sp³-hybridized carbons (Fsp3) is 0.222. The van der Waals surface area contributed by atoms with E-state index in [4.69, 9.17) is 10.3 Å². The van der Waals surface area contributed by atoms with Gasteiger partial charge in [-0.25, -0.2) is 0 Å². The average Bonchev–Trinajstić information content (AvgIpc) is 2.57. The summed E-state index contributed by atoms with van der Waals surface area (Å²) in [6.07, 6.45) is 2.00. The summed E-state index contributed by atoms with van der Waals surface area (Å²) in [6.45, 7) is 4.27. The van der Waals surface area contributed by atoms with E-state index in [1.807, 2.05) is 60.7 Å². The zero-order valence-corrected chi connectivity index (χ0v) is 12.4. The quantitative estimate of drug-likeness (QED) is 0.302. The van der Waals surface area contributed by atoms with E-state index in [0.29, 0.717) is 13.0 Å². The first kappa shape index (κ1) is 15.8. The lowest BCUT2D eigenvalue weighted by Crippen LogP contribution is -2.27. The molecule has 0 saturated carbocycles. The lowest BCUT2D eigenvalue weighted by Gasteiger charge is -2.21. The molecule has 0 saturated heterocycles. The molecule has 2 rings (SSSR count). The molecule has 0 spiro atoms. The zero-order chi connectivity index (χ0) is 15.6. The Morgan fingerprint density at radius 1 is 1.05 bits per heavy atom. The topological polar surface area (TPSA) is 58.0 Å². The second-order valence-electron chi connectivity index (χ2n) is 4.96. The number of ether oxygens (including phenoxy) is 1.